The Balaban J connectivity index is 2.62. The SMILES string of the molecule is N#Cc1cc(-c2ccc(Cl)cc2Cl)n[nH]c1=O. The molecule has 1 aromatic heterocycles. The summed E-state index contributed by atoms with van der Waals surface area (Å²) in [7, 11) is 0. The van der Waals surface area contributed by atoms with Crippen molar-refractivity contribution in [2.24, 2.45) is 0 Å². The van der Waals surface area contributed by atoms with Gasteiger partial charge in [0.05, 0.1) is 10.7 Å². The second kappa shape index (κ2) is 4.58. The standard InChI is InChI=1S/C11H5Cl2N3O/c12-7-1-2-8(9(13)4-7)10-3-6(5-14)11(17)16-15-10/h1-4H,(H,16,17). The Labute approximate surface area is 106 Å². The van der Waals surface area contributed by atoms with Gasteiger partial charge in [0.25, 0.3) is 5.56 Å². The van der Waals surface area contributed by atoms with Crippen LogP contribution in [-0.2, 0) is 0 Å². The number of halogens is 2. The van der Waals surface area contributed by atoms with Crippen LogP contribution in [0.2, 0.25) is 10.0 Å². The third-order valence-electron chi connectivity index (χ3n) is 2.13. The molecule has 0 bridgehead atoms. The lowest BCUT2D eigenvalue weighted by Crippen LogP contribution is -2.12. The predicted molar refractivity (Wildman–Crippen MR) is 65.0 cm³/mol. The molecule has 0 aliphatic heterocycles. The first-order chi connectivity index (χ1) is 8.11. The second-order valence-electron chi connectivity index (χ2n) is 3.23. The van der Waals surface area contributed by atoms with Crippen molar-refractivity contribution in [3.05, 3.63) is 50.2 Å². The molecule has 0 spiro atoms. The molecule has 0 amide bonds. The third-order valence-corrected chi connectivity index (χ3v) is 2.68. The quantitative estimate of drug-likeness (QED) is 0.862. The van der Waals surface area contributed by atoms with Crippen molar-refractivity contribution in [3.63, 3.8) is 0 Å². The minimum atomic E-state index is -0.527. The topological polar surface area (TPSA) is 69.5 Å². The van der Waals surface area contributed by atoms with Gasteiger partial charge in [0.15, 0.2) is 0 Å². The number of nitrogens with zero attached hydrogens (tertiary/aromatic N) is 2. The lowest BCUT2D eigenvalue weighted by Gasteiger charge is -2.03. The molecule has 0 radical (unpaired) electrons. The van der Waals surface area contributed by atoms with E-state index in [1.807, 2.05) is 0 Å². The van der Waals surface area contributed by atoms with E-state index in [9.17, 15) is 4.79 Å². The lowest BCUT2D eigenvalue weighted by atomic mass is 10.1. The lowest BCUT2D eigenvalue weighted by molar-refractivity contribution is 0.987. The molecule has 1 N–H and O–H groups in total. The summed E-state index contributed by atoms with van der Waals surface area (Å²) in [6.45, 7) is 0. The van der Waals surface area contributed by atoms with Gasteiger partial charge in [-0.05, 0) is 24.3 Å². The van der Waals surface area contributed by atoms with Gasteiger partial charge in [-0.1, -0.05) is 23.2 Å². The maximum absolute atomic E-state index is 11.2. The fourth-order valence-corrected chi connectivity index (χ4v) is 1.83. The maximum Gasteiger partial charge on any atom is 0.282 e. The number of aromatic amines is 1. The van der Waals surface area contributed by atoms with Crippen LogP contribution < -0.4 is 5.56 Å². The van der Waals surface area contributed by atoms with Gasteiger partial charge in [-0.3, -0.25) is 4.79 Å². The van der Waals surface area contributed by atoms with Crippen molar-refractivity contribution >= 4 is 23.2 Å². The van der Waals surface area contributed by atoms with E-state index in [0.717, 1.165) is 0 Å². The molecule has 1 aromatic carbocycles. The zero-order valence-electron chi connectivity index (χ0n) is 8.37. The van der Waals surface area contributed by atoms with Crippen molar-refractivity contribution in [2.75, 3.05) is 0 Å². The first kappa shape index (κ1) is 11.6. The van der Waals surface area contributed by atoms with E-state index >= 15 is 0 Å². The van der Waals surface area contributed by atoms with E-state index in [0.29, 0.717) is 21.3 Å². The summed E-state index contributed by atoms with van der Waals surface area (Å²) in [6.07, 6.45) is 0. The number of hydrogen-bond donors (Lipinski definition) is 1. The highest BCUT2D eigenvalue weighted by Crippen LogP contribution is 2.28. The maximum atomic E-state index is 11.2. The van der Waals surface area contributed by atoms with Crippen LogP contribution in [0.4, 0.5) is 0 Å². The molecule has 0 aliphatic rings. The normalized spacial score (nSPS) is 9.94. The van der Waals surface area contributed by atoms with E-state index < -0.39 is 5.56 Å². The largest absolute Gasteiger partial charge is 0.282 e. The van der Waals surface area contributed by atoms with Gasteiger partial charge >= 0.3 is 0 Å². The number of H-pyrrole nitrogens is 1. The minimum Gasteiger partial charge on any atom is -0.267 e. The number of nitrogens with one attached hydrogen (secondary N) is 1. The van der Waals surface area contributed by atoms with Crippen LogP contribution in [0.1, 0.15) is 5.56 Å². The minimum absolute atomic E-state index is 0.0129. The van der Waals surface area contributed by atoms with Gasteiger partial charge in [0, 0.05) is 10.6 Å². The molecule has 84 valence electrons. The van der Waals surface area contributed by atoms with E-state index in [1.54, 1.807) is 24.3 Å². The summed E-state index contributed by atoms with van der Waals surface area (Å²) in [5.74, 6) is 0. The van der Waals surface area contributed by atoms with Crippen molar-refractivity contribution in [1.29, 1.82) is 5.26 Å². The van der Waals surface area contributed by atoms with Crippen LogP contribution >= 0.6 is 23.2 Å². The molecule has 17 heavy (non-hydrogen) atoms. The number of aromatic nitrogens is 2. The summed E-state index contributed by atoms with van der Waals surface area (Å²) >= 11 is 11.8. The Kier molecular flexibility index (Phi) is 3.14. The molecular weight excluding hydrogens is 261 g/mol. The van der Waals surface area contributed by atoms with Gasteiger partial charge in [-0.2, -0.15) is 10.4 Å². The Bertz CT molecular complexity index is 673. The summed E-state index contributed by atoms with van der Waals surface area (Å²) in [5, 5.41) is 15.7. The summed E-state index contributed by atoms with van der Waals surface area (Å²) in [6, 6.07) is 8.06. The number of hydrogen-bond acceptors (Lipinski definition) is 3. The molecule has 0 aliphatic carbocycles. The fraction of sp³-hybridized carbons (Fsp3) is 0. The molecule has 0 fully saturated rings. The highest BCUT2D eigenvalue weighted by Gasteiger charge is 2.08. The fourth-order valence-electron chi connectivity index (χ4n) is 1.32. The van der Waals surface area contributed by atoms with E-state index in [4.69, 9.17) is 28.5 Å². The van der Waals surface area contributed by atoms with Crippen LogP contribution in [0.25, 0.3) is 11.3 Å². The molecule has 0 saturated heterocycles. The number of rotatable bonds is 1. The predicted octanol–water partition coefficient (Wildman–Crippen LogP) is 2.62. The van der Waals surface area contributed by atoms with Gasteiger partial charge in [-0.15, -0.1) is 0 Å². The number of nitriles is 1. The molecule has 2 aromatic rings. The highest BCUT2D eigenvalue weighted by molar-refractivity contribution is 6.36. The first-order valence-electron chi connectivity index (χ1n) is 4.57. The molecule has 4 nitrogen and oxygen atoms in total. The van der Waals surface area contributed by atoms with E-state index in [1.165, 1.54) is 6.07 Å². The Morgan fingerprint density at radius 2 is 2.06 bits per heavy atom. The molecule has 6 heteroatoms. The summed E-state index contributed by atoms with van der Waals surface area (Å²) in [4.78, 5) is 11.2. The highest BCUT2D eigenvalue weighted by atomic mass is 35.5. The van der Waals surface area contributed by atoms with E-state index in [2.05, 4.69) is 10.2 Å². The molecule has 1 heterocycles. The van der Waals surface area contributed by atoms with Crippen molar-refractivity contribution in [3.8, 4) is 17.3 Å². The molecule has 0 unspecified atom stereocenters. The third kappa shape index (κ3) is 2.31. The molecule has 2 rings (SSSR count). The summed E-state index contributed by atoms with van der Waals surface area (Å²) in [5.41, 5.74) is 0.481. The zero-order valence-corrected chi connectivity index (χ0v) is 9.88. The second-order valence-corrected chi connectivity index (χ2v) is 4.08. The Hall–Kier alpha value is -1.83. The molecule has 0 atom stereocenters. The monoisotopic (exact) mass is 265 g/mol. The number of benzene rings is 1. The zero-order chi connectivity index (χ0) is 12.4. The van der Waals surface area contributed by atoms with Gasteiger partial charge in [-0.25, -0.2) is 5.10 Å². The first-order valence-corrected chi connectivity index (χ1v) is 5.32. The molecule has 0 saturated carbocycles. The summed E-state index contributed by atoms with van der Waals surface area (Å²) < 4.78 is 0. The average Bonchev–Trinajstić information content (AvgIpc) is 2.30. The van der Waals surface area contributed by atoms with Gasteiger partial charge < -0.3 is 0 Å². The average molecular weight is 266 g/mol. The van der Waals surface area contributed by atoms with Crippen LogP contribution in [0.3, 0.4) is 0 Å². The van der Waals surface area contributed by atoms with Crippen LogP contribution in [0.15, 0.2) is 29.1 Å². The smallest absolute Gasteiger partial charge is 0.267 e. The van der Waals surface area contributed by atoms with E-state index in [-0.39, 0.29) is 5.56 Å². The molecular formula is C11H5Cl2N3O. The van der Waals surface area contributed by atoms with Gasteiger partial charge in [0.2, 0.25) is 0 Å². The van der Waals surface area contributed by atoms with Crippen molar-refractivity contribution in [1.82, 2.24) is 10.2 Å². The van der Waals surface area contributed by atoms with Gasteiger partial charge in [0.1, 0.15) is 11.6 Å². The van der Waals surface area contributed by atoms with Crippen molar-refractivity contribution in [2.45, 2.75) is 0 Å². The Morgan fingerprint density at radius 1 is 1.29 bits per heavy atom. The van der Waals surface area contributed by atoms with Crippen LogP contribution in [-0.4, -0.2) is 10.2 Å². The van der Waals surface area contributed by atoms with Crippen LogP contribution in [0, 0.1) is 11.3 Å². The van der Waals surface area contributed by atoms with Crippen molar-refractivity contribution < 1.29 is 0 Å². The Morgan fingerprint density at radius 3 is 2.71 bits per heavy atom. The van der Waals surface area contributed by atoms with Crippen LogP contribution in [0.5, 0.6) is 0 Å².